The van der Waals surface area contributed by atoms with Crippen LogP contribution in [0.2, 0.25) is 0 Å². The Morgan fingerprint density at radius 3 is 2.26 bits per heavy atom. The van der Waals surface area contributed by atoms with E-state index in [9.17, 15) is 9.59 Å². The predicted octanol–water partition coefficient (Wildman–Crippen LogP) is 2.46. The first-order valence-electron chi connectivity index (χ1n) is 7.25. The normalized spacial score (nSPS) is 23.2. The van der Waals surface area contributed by atoms with Crippen LogP contribution < -0.4 is 5.32 Å². The average molecular weight is 270 g/mol. The fourth-order valence-electron chi connectivity index (χ4n) is 2.58. The monoisotopic (exact) mass is 270 g/mol. The van der Waals surface area contributed by atoms with E-state index in [1.54, 1.807) is 0 Å². The van der Waals surface area contributed by atoms with E-state index in [0.29, 0.717) is 12.8 Å². The third-order valence-corrected chi connectivity index (χ3v) is 3.75. The Morgan fingerprint density at radius 2 is 1.84 bits per heavy atom. The first kappa shape index (κ1) is 15.8. The van der Waals surface area contributed by atoms with E-state index < -0.39 is 5.97 Å². The molecule has 5 heteroatoms. The standard InChI is InChI=1S/C14H26N2O3/c1-4-9-16(10(2)3)14(19)15-12-7-5-11(6-8-12)13(17)18/h10-12H,4-9H2,1-3H3,(H,15,19)(H,17,18). The predicted molar refractivity (Wildman–Crippen MR) is 74.0 cm³/mol. The molecule has 1 fully saturated rings. The van der Waals surface area contributed by atoms with Gasteiger partial charge in [0.2, 0.25) is 0 Å². The van der Waals surface area contributed by atoms with Gasteiger partial charge in [0.05, 0.1) is 5.92 Å². The largest absolute Gasteiger partial charge is 0.481 e. The number of carbonyl (C=O) groups is 2. The number of carboxylic acids is 1. The van der Waals surface area contributed by atoms with Crippen LogP contribution in [0, 0.1) is 5.92 Å². The minimum atomic E-state index is -0.709. The van der Waals surface area contributed by atoms with Crippen molar-refractivity contribution in [1.29, 1.82) is 0 Å². The van der Waals surface area contributed by atoms with Crippen LogP contribution in [0.25, 0.3) is 0 Å². The van der Waals surface area contributed by atoms with Gasteiger partial charge >= 0.3 is 12.0 Å². The van der Waals surface area contributed by atoms with E-state index in [1.807, 2.05) is 18.7 Å². The van der Waals surface area contributed by atoms with Gasteiger partial charge in [-0.15, -0.1) is 0 Å². The highest BCUT2D eigenvalue weighted by atomic mass is 16.4. The number of nitrogens with one attached hydrogen (secondary N) is 1. The highest BCUT2D eigenvalue weighted by Gasteiger charge is 2.28. The number of aliphatic carboxylic acids is 1. The summed E-state index contributed by atoms with van der Waals surface area (Å²) in [5.41, 5.74) is 0. The lowest BCUT2D eigenvalue weighted by molar-refractivity contribution is -0.142. The lowest BCUT2D eigenvalue weighted by atomic mass is 9.86. The Balaban J connectivity index is 2.43. The molecule has 1 aliphatic carbocycles. The number of rotatable bonds is 5. The average Bonchev–Trinajstić information content (AvgIpc) is 2.36. The van der Waals surface area contributed by atoms with Crippen LogP contribution in [0.15, 0.2) is 0 Å². The van der Waals surface area contributed by atoms with Crippen molar-refractivity contribution in [3.05, 3.63) is 0 Å². The molecule has 2 N–H and O–H groups in total. The third-order valence-electron chi connectivity index (χ3n) is 3.75. The van der Waals surface area contributed by atoms with Crippen LogP contribution >= 0.6 is 0 Å². The maximum Gasteiger partial charge on any atom is 0.317 e. The van der Waals surface area contributed by atoms with Crippen molar-refractivity contribution in [2.45, 2.75) is 65.0 Å². The van der Waals surface area contributed by atoms with Gasteiger partial charge in [0.1, 0.15) is 0 Å². The van der Waals surface area contributed by atoms with Crippen molar-refractivity contribution in [2.75, 3.05) is 6.54 Å². The van der Waals surface area contributed by atoms with Crippen molar-refractivity contribution >= 4 is 12.0 Å². The molecule has 1 saturated carbocycles. The SMILES string of the molecule is CCCN(C(=O)NC1CCC(C(=O)O)CC1)C(C)C. The Labute approximate surface area is 115 Å². The molecule has 5 nitrogen and oxygen atoms in total. The minimum Gasteiger partial charge on any atom is -0.481 e. The Morgan fingerprint density at radius 1 is 1.26 bits per heavy atom. The van der Waals surface area contributed by atoms with E-state index in [-0.39, 0.29) is 24.0 Å². The second-order valence-corrected chi connectivity index (χ2v) is 5.62. The molecule has 0 heterocycles. The van der Waals surface area contributed by atoms with Gasteiger partial charge in [-0.3, -0.25) is 4.79 Å². The van der Waals surface area contributed by atoms with E-state index in [4.69, 9.17) is 5.11 Å². The summed E-state index contributed by atoms with van der Waals surface area (Å²) >= 11 is 0. The minimum absolute atomic E-state index is 0.0179. The molecular weight excluding hydrogens is 244 g/mol. The molecule has 0 unspecified atom stereocenters. The number of nitrogens with zero attached hydrogens (tertiary/aromatic N) is 1. The molecule has 0 saturated heterocycles. The molecular formula is C14H26N2O3. The molecule has 19 heavy (non-hydrogen) atoms. The maximum atomic E-state index is 12.2. The molecule has 110 valence electrons. The van der Waals surface area contributed by atoms with Gasteiger partial charge in [0.25, 0.3) is 0 Å². The second-order valence-electron chi connectivity index (χ2n) is 5.62. The molecule has 0 aromatic carbocycles. The quantitative estimate of drug-likeness (QED) is 0.806. The van der Waals surface area contributed by atoms with Gasteiger partial charge < -0.3 is 15.3 Å². The number of amides is 2. The molecule has 0 aromatic heterocycles. The summed E-state index contributed by atoms with van der Waals surface area (Å²) in [7, 11) is 0. The number of carboxylic acid groups (broad SMARTS) is 1. The summed E-state index contributed by atoms with van der Waals surface area (Å²) < 4.78 is 0. The van der Waals surface area contributed by atoms with Gasteiger partial charge in [0.15, 0.2) is 0 Å². The third kappa shape index (κ3) is 4.73. The first-order valence-corrected chi connectivity index (χ1v) is 7.25. The van der Waals surface area contributed by atoms with Crippen molar-refractivity contribution in [2.24, 2.45) is 5.92 Å². The molecule has 0 aliphatic heterocycles. The highest BCUT2D eigenvalue weighted by molar-refractivity contribution is 5.75. The number of urea groups is 1. The lowest BCUT2D eigenvalue weighted by Crippen LogP contribution is -2.49. The highest BCUT2D eigenvalue weighted by Crippen LogP contribution is 2.24. The summed E-state index contributed by atoms with van der Waals surface area (Å²) in [5.74, 6) is -0.940. The van der Waals surface area contributed by atoms with E-state index in [1.165, 1.54) is 0 Å². The fraction of sp³-hybridized carbons (Fsp3) is 0.857. The molecule has 1 aliphatic rings. The van der Waals surface area contributed by atoms with Crippen LogP contribution in [0.3, 0.4) is 0 Å². The van der Waals surface area contributed by atoms with Gasteiger partial charge in [0, 0.05) is 18.6 Å². The lowest BCUT2D eigenvalue weighted by Gasteiger charge is -2.32. The topological polar surface area (TPSA) is 69.6 Å². The van der Waals surface area contributed by atoms with Crippen molar-refractivity contribution < 1.29 is 14.7 Å². The Kier molecular flexibility index (Phi) is 6.12. The summed E-state index contributed by atoms with van der Waals surface area (Å²) in [6, 6.07) is 0.298. The van der Waals surface area contributed by atoms with Crippen molar-refractivity contribution in [3.8, 4) is 0 Å². The molecule has 1 rings (SSSR count). The van der Waals surface area contributed by atoms with Crippen LogP contribution in [0.4, 0.5) is 4.79 Å². The smallest absolute Gasteiger partial charge is 0.317 e. The molecule has 0 aromatic rings. The maximum absolute atomic E-state index is 12.2. The Hall–Kier alpha value is -1.26. The molecule has 0 bridgehead atoms. The number of hydrogen-bond acceptors (Lipinski definition) is 2. The summed E-state index contributed by atoms with van der Waals surface area (Å²) in [6.45, 7) is 6.84. The van der Waals surface area contributed by atoms with Crippen LogP contribution in [0.1, 0.15) is 52.9 Å². The van der Waals surface area contributed by atoms with Crippen LogP contribution in [-0.4, -0.2) is 40.6 Å². The van der Waals surface area contributed by atoms with Crippen LogP contribution in [0.5, 0.6) is 0 Å². The van der Waals surface area contributed by atoms with Crippen LogP contribution in [-0.2, 0) is 4.79 Å². The fourth-order valence-corrected chi connectivity index (χ4v) is 2.58. The summed E-state index contributed by atoms with van der Waals surface area (Å²) in [5, 5.41) is 12.0. The summed E-state index contributed by atoms with van der Waals surface area (Å²) in [4.78, 5) is 24.9. The summed E-state index contributed by atoms with van der Waals surface area (Å²) in [6.07, 6.45) is 3.80. The second kappa shape index (κ2) is 7.36. The van der Waals surface area contributed by atoms with E-state index in [2.05, 4.69) is 12.2 Å². The molecule has 2 amide bonds. The molecule has 0 radical (unpaired) electrons. The number of carbonyl (C=O) groups excluding carboxylic acids is 1. The van der Waals surface area contributed by atoms with Gasteiger partial charge in [-0.2, -0.15) is 0 Å². The molecule has 0 atom stereocenters. The van der Waals surface area contributed by atoms with Gasteiger partial charge in [-0.1, -0.05) is 6.92 Å². The van der Waals surface area contributed by atoms with E-state index >= 15 is 0 Å². The van der Waals surface area contributed by atoms with E-state index in [0.717, 1.165) is 25.8 Å². The first-order chi connectivity index (χ1) is 8.95. The molecule has 0 spiro atoms. The van der Waals surface area contributed by atoms with Crippen molar-refractivity contribution in [1.82, 2.24) is 10.2 Å². The zero-order valence-electron chi connectivity index (χ0n) is 12.2. The number of hydrogen-bond donors (Lipinski definition) is 2. The van der Waals surface area contributed by atoms with Crippen molar-refractivity contribution in [3.63, 3.8) is 0 Å². The Bertz CT molecular complexity index is 310. The zero-order chi connectivity index (χ0) is 14.4. The van der Waals surface area contributed by atoms with Gasteiger partial charge in [-0.25, -0.2) is 4.79 Å². The zero-order valence-corrected chi connectivity index (χ0v) is 12.2. The van der Waals surface area contributed by atoms with Gasteiger partial charge in [-0.05, 0) is 46.0 Å².